The van der Waals surface area contributed by atoms with Crippen molar-refractivity contribution in [2.24, 2.45) is 5.10 Å². The number of carbonyl (C=O) groups is 1. The van der Waals surface area contributed by atoms with Gasteiger partial charge in [0.05, 0.1) is 11.2 Å². The van der Waals surface area contributed by atoms with Gasteiger partial charge in [-0.15, -0.1) is 0 Å². The van der Waals surface area contributed by atoms with E-state index in [9.17, 15) is 4.79 Å². The molecule has 0 atom stereocenters. The van der Waals surface area contributed by atoms with Crippen molar-refractivity contribution in [3.05, 3.63) is 69.7 Å². The summed E-state index contributed by atoms with van der Waals surface area (Å²) in [7, 11) is 0. The van der Waals surface area contributed by atoms with E-state index in [-0.39, 0.29) is 5.91 Å². The van der Waals surface area contributed by atoms with E-state index in [0.29, 0.717) is 28.5 Å². The number of nitrogens with zero attached hydrogens (tertiary/aromatic N) is 1. The maximum atomic E-state index is 11.7. The third-order valence-corrected chi connectivity index (χ3v) is 3.40. The fourth-order valence-corrected chi connectivity index (χ4v) is 2.20. The summed E-state index contributed by atoms with van der Waals surface area (Å²) in [6.07, 6.45) is 2.57. The molecule has 2 aromatic rings. The first-order valence-electron chi connectivity index (χ1n) is 6.46. The second-order valence-electron chi connectivity index (χ2n) is 4.44. The van der Waals surface area contributed by atoms with E-state index >= 15 is 0 Å². The van der Waals surface area contributed by atoms with E-state index in [4.69, 9.17) is 23.2 Å². The Morgan fingerprint density at radius 3 is 2.62 bits per heavy atom. The van der Waals surface area contributed by atoms with Crippen LogP contribution in [0.15, 0.2) is 53.6 Å². The van der Waals surface area contributed by atoms with Crippen LogP contribution >= 0.6 is 23.2 Å². The van der Waals surface area contributed by atoms with Crippen LogP contribution in [0.25, 0.3) is 0 Å². The maximum Gasteiger partial charge on any atom is 0.240 e. The van der Waals surface area contributed by atoms with Crippen molar-refractivity contribution in [1.29, 1.82) is 0 Å². The lowest BCUT2D eigenvalue weighted by Gasteiger charge is -2.01. The predicted octanol–water partition coefficient (Wildman–Crippen LogP) is 4.08. The zero-order valence-electron chi connectivity index (χ0n) is 11.2. The topological polar surface area (TPSA) is 41.5 Å². The van der Waals surface area contributed by atoms with Crippen LogP contribution in [-0.2, 0) is 11.2 Å². The lowest BCUT2D eigenvalue weighted by atomic mass is 10.1. The number of amides is 1. The number of nitrogens with one attached hydrogen (secondary N) is 1. The van der Waals surface area contributed by atoms with Crippen molar-refractivity contribution >= 4 is 35.3 Å². The molecule has 0 fully saturated rings. The minimum absolute atomic E-state index is 0.139. The largest absolute Gasteiger partial charge is 0.273 e. The number of hydrazone groups is 1. The molecule has 0 radical (unpaired) electrons. The maximum absolute atomic E-state index is 11.7. The van der Waals surface area contributed by atoms with Gasteiger partial charge in [0, 0.05) is 17.0 Å². The number of halogens is 2. The first-order chi connectivity index (χ1) is 10.1. The van der Waals surface area contributed by atoms with Gasteiger partial charge in [0.25, 0.3) is 0 Å². The number of benzene rings is 2. The molecule has 0 heterocycles. The molecule has 0 spiro atoms. The van der Waals surface area contributed by atoms with Crippen molar-refractivity contribution in [1.82, 2.24) is 5.43 Å². The number of hydrogen-bond acceptors (Lipinski definition) is 2. The molecule has 3 nitrogen and oxygen atoms in total. The zero-order valence-corrected chi connectivity index (χ0v) is 12.7. The van der Waals surface area contributed by atoms with E-state index in [2.05, 4.69) is 10.5 Å². The van der Waals surface area contributed by atoms with Gasteiger partial charge in [0.15, 0.2) is 0 Å². The summed E-state index contributed by atoms with van der Waals surface area (Å²) < 4.78 is 0. The Balaban J connectivity index is 1.82. The normalized spacial score (nSPS) is 10.8. The number of rotatable bonds is 5. The van der Waals surface area contributed by atoms with E-state index in [1.807, 2.05) is 30.3 Å². The van der Waals surface area contributed by atoms with Crippen molar-refractivity contribution in [2.45, 2.75) is 12.8 Å². The van der Waals surface area contributed by atoms with Crippen molar-refractivity contribution in [2.75, 3.05) is 0 Å². The van der Waals surface area contributed by atoms with Crippen molar-refractivity contribution in [3.8, 4) is 0 Å². The summed E-state index contributed by atoms with van der Waals surface area (Å²) in [5.74, 6) is -0.139. The second kappa shape index (κ2) is 7.81. The smallest absolute Gasteiger partial charge is 0.240 e. The summed E-state index contributed by atoms with van der Waals surface area (Å²) in [5.41, 5.74) is 4.30. The van der Waals surface area contributed by atoms with E-state index in [0.717, 1.165) is 5.56 Å². The van der Waals surface area contributed by atoms with E-state index in [1.165, 1.54) is 6.21 Å². The minimum atomic E-state index is -0.139. The predicted molar refractivity (Wildman–Crippen MR) is 87.0 cm³/mol. The molecular weight excluding hydrogens is 307 g/mol. The molecule has 0 aliphatic rings. The zero-order chi connectivity index (χ0) is 15.1. The molecule has 0 aliphatic carbocycles. The van der Waals surface area contributed by atoms with Crippen LogP contribution < -0.4 is 5.43 Å². The number of aryl methyl sites for hydroxylation is 1. The Bertz CT molecular complexity index is 642. The standard InChI is InChI=1S/C16H14Cl2N2O/c17-14-8-7-13(15(18)10-14)11-19-20-16(21)9-6-12-4-2-1-3-5-12/h1-5,7-8,10-11H,6,9H2,(H,20,21)/b19-11-. The van der Waals surface area contributed by atoms with Gasteiger partial charge in [-0.2, -0.15) is 5.10 Å². The summed E-state index contributed by atoms with van der Waals surface area (Å²) in [5, 5.41) is 4.94. The SMILES string of the molecule is O=C(CCc1ccccc1)N/N=C\c1ccc(Cl)cc1Cl. The second-order valence-corrected chi connectivity index (χ2v) is 5.29. The first-order valence-corrected chi connectivity index (χ1v) is 7.21. The molecule has 108 valence electrons. The minimum Gasteiger partial charge on any atom is -0.273 e. The Morgan fingerprint density at radius 2 is 1.90 bits per heavy atom. The fourth-order valence-electron chi connectivity index (χ4n) is 1.74. The third-order valence-electron chi connectivity index (χ3n) is 2.84. The van der Waals surface area contributed by atoms with Crippen LogP contribution in [0.4, 0.5) is 0 Å². The summed E-state index contributed by atoms with van der Waals surface area (Å²) >= 11 is 11.8. The van der Waals surface area contributed by atoms with Gasteiger partial charge in [-0.25, -0.2) is 5.43 Å². The first kappa shape index (κ1) is 15.5. The lowest BCUT2D eigenvalue weighted by molar-refractivity contribution is -0.121. The highest BCUT2D eigenvalue weighted by molar-refractivity contribution is 6.36. The molecule has 0 aromatic heterocycles. The van der Waals surface area contributed by atoms with E-state index < -0.39 is 0 Å². The van der Waals surface area contributed by atoms with Gasteiger partial charge in [-0.1, -0.05) is 59.6 Å². The fraction of sp³-hybridized carbons (Fsp3) is 0.125. The highest BCUT2D eigenvalue weighted by atomic mass is 35.5. The Morgan fingerprint density at radius 1 is 1.14 bits per heavy atom. The molecule has 2 aromatic carbocycles. The Labute approximate surface area is 133 Å². The monoisotopic (exact) mass is 320 g/mol. The van der Waals surface area contributed by atoms with Gasteiger partial charge in [0.2, 0.25) is 5.91 Å². The van der Waals surface area contributed by atoms with Gasteiger partial charge < -0.3 is 0 Å². The Hall–Kier alpha value is -1.84. The molecule has 0 bridgehead atoms. The molecule has 0 saturated heterocycles. The molecule has 0 aliphatic heterocycles. The third kappa shape index (κ3) is 5.21. The van der Waals surface area contributed by atoms with Crippen LogP contribution in [0, 0.1) is 0 Å². The van der Waals surface area contributed by atoms with Gasteiger partial charge in [-0.3, -0.25) is 4.79 Å². The molecule has 5 heteroatoms. The average molecular weight is 321 g/mol. The van der Waals surface area contributed by atoms with Crippen LogP contribution in [0.1, 0.15) is 17.5 Å². The number of hydrogen-bond donors (Lipinski definition) is 1. The summed E-state index contributed by atoms with van der Waals surface area (Å²) in [6, 6.07) is 14.9. The molecule has 1 N–H and O–H groups in total. The van der Waals surface area contributed by atoms with Crippen LogP contribution in [0.3, 0.4) is 0 Å². The molecule has 21 heavy (non-hydrogen) atoms. The highest BCUT2D eigenvalue weighted by Gasteiger charge is 2.01. The lowest BCUT2D eigenvalue weighted by Crippen LogP contribution is -2.17. The van der Waals surface area contributed by atoms with Crippen LogP contribution in [0.2, 0.25) is 10.0 Å². The van der Waals surface area contributed by atoms with Gasteiger partial charge >= 0.3 is 0 Å². The highest BCUT2D eigenvalue weighted by Crippen LogP contribution is 2.19. The summed E-state index contributed by atoms with van der Waals surface area (Å²) in [6.45, 7) is 0. The molecular formula is C16H14Cl2N2O. The number of carbonyl (C=O) groups excluding carboxylic acids is 1. The van der Waals surface area contributed by atoms with Crippen molar-refractivity contribution < 1.29 is 4.79 Å². The molecule has 0 saturated carbocycles. The van der Waals surface area contributed by atoms with Crippen LogP contribution in [-0.4, -0.2) is 12.1 Å². The van der Waals surface area contributed by atoms with Crippen molar-refractivity contribution in [3.63, 3.8) is 0 Å². The summed E-state index contributed by atoms with van der Waals surface area (Å²) in [4.78, 5) is 11.7. The van der Waals surface area contributed by atoms with Gasteiger partial charge in [0.1, 0.15) is 0 Å². The van der Waals surface area contributed by atoms with Crippen LogP contribution in [0.5, 0.6) is 0 Å². The average Bonchev–Trinajstić information content (AvgIpc) is 2.48. The molecule has 0 unspecified atom stereocenters. The quantitative estimate of drug-likeness (QED) is 0.654. The molecule has 2 rings (SSSR count). The molecule has 1 amide bonds. The van der Waals surface area contributed by atoms with Gasteiger partial charge in [-0.05, 0) is 24.1 Å². The van der Waals surface area contributed by atoms with E-state index in [1.54, 1.807) is 18.2 Å². The Kier molecular flexibility index (Phi) is 5.78.